The Kier molecular flexibility index (Phi) is 11.3. The van der Waals surface area contributed by atoms with Crippen LogP contribution < -0.4 is 11.1 Å². The zero-order chi connectivity index (χ0) is 24.0. The Morgan fingerprint density at radius 2 is 1.23 bits per heavy atom. The summed E-state index contributed by atoms with van der Waals surface area (Å²) in [5.41, 5.74) is 6.55. The molecule has 0 bridgehead atoms. The third-order valence-electron chi connectivity index (χ3n) is 5.78. The van der Waals surface area contributed by atoms with E-state index in [0.29, 0.717) is 24.9 Å². The lowest BCUT2D eigenvalue weighted by Crippen LogP contribution is -2.46. The lowest BCUT2D eigenvalue weighted by Gasteiger charge is -2.42. The summed E-state index contributed by atoms with van der Waals surface area (Å²) in [6.07, 6.45) is 2.16. The van der Waals surface area contributed by atoms with Crippen LogP contribution in [0.5, 0.6) is 0 Å². The highest BCUT2D eigenvalue weighted by atomic mass is 16.1. The van der Waals surface area contributed by atoms with E-state index in [1.165, 1.54) is 0 Å². The van der Waals surface area contributed by atoms with Gasteiger partial charge < -0.3 is 11.1 Å². The van der Waals surface area contributed by atoms with Crippen molar-refractivity contribution < 1.29 is 4.79 Å². The Labute approximate surface area is 189 Å². The van der Waals surface area contributed by atoms with Crippen molar-refractivity contribution in [2.24, 2.45) is 33.3 Å². The van der Waals surface area contributed by atoms with Crippen LogP contribution in [-0.2, 0) is 4.79 Å². The number of nitrogens with zero attached hydrogens (tertiary/aromatic N) is 1. The quantitative estimate of drug-likeness (QED) is 0.371. The minimum Gasteiger partial charge on any atom is -0.330 e. The lowest BCUT2D eigenvalue weighted by atomic mass is 9.73. The minimum atomic E-state index is 0.0749. The number of hydrogen-bond donors (Lipinski definition) is 2. The van der Waals surface area contributed by atoms with Gasteiger partial charge in [0.25, 0.3) is 0 Å². The molecule has 0 amide bonds. The molecule has 0 aliphatic heterocycles. The normalized spacial score (nSPS) is 14.3. The summed E-state index contributed by atoms with van der Waals surface area (Å²) in [5, 5.41) is 3.60. The monoisotopic (exact) mass is 425 g/mol. The molecule has 0 spiro atoms. The van der Waals surface area contributed by atoms with Gasteiger partial charge in [0.15, 0.2) is 0 Å². The number of Topliss-reactive ketones (excluding diaryl/α,β-unsaturated/α-hetero) is 1. The van der Waals surface area contributed by atoms with Gasteiger partial charge in [0.2, 0.25) is 0 Å². The molecule has 0 aromatic rings. The van der Waals surface area contributed by atoms with Crippen molar-refractivity contribution in [2.45, 2.75) is 102 Å². The average molecular weight is 426 g/mol. The van der Waals surface area contributed by atoms with Gasteiger partial charge in [-0.1, -0.05) is 83.1 Å². The predicted octanol–water partition coefficient (Wildman–Crippen LogP) is 5.36. The summed E-state index contributed by atoms with van der Waals surface area (Å²) in [6, 6.07) is 0.499. The molecule has 0 atom stereocenters. The second-order valence-corrected chi connectivity index (χ2v) is 13.5. The highest BCUT2D eigenvalue weighted by molar-refractivity contribution is 5.82. The molecule has 0 unspecified atom stereocenters. The Morgan fingerprint density at radius 1 is 0.800 bits per heavy atom. The van der Waals surface area contributed by atoms with Gasteiger partial charge in [-0.3, -0.25) is 9.69 Å². The van der Waals surface area contributed by atoms with Crippen LogP contribution in [0, 0.1) is 27.6 Å². The zero-order valence-electron chi connectivity index (χ0n) is 22.5. The predicted molar refractivity (Wildman–Crippen MR) is 133 cm³/mol. The second kappa shape index (κ2) is 11.4. The molecular weight excluding hydrogens is 370 g/mol. The maximum atomic E-state index is 12.7. The van der Waals surface area contributed by atoms with Crippen LogP contribution in [0.3, 0.4) is 0 Å². The highest BCUT2D eigenvalue weighted by Crippen LogP contribution is 2.37. The molecule has 4 heteroatoms. The topological polar surface area (TPSA) is 58.4 Å². The van der Waals surface area contributed by atoms with Gasteiger partial charge >= 0.3 is 0 Å². The van der Waals surface area contributed by atoms with Gasteiger partial charge in [-0.25, -0.2) is 0 Å². The van der Waals surface area contributed by atoms with Crippen LogP contribution in [0.1, 0.15) is 95.9 Å². The molecule has 180 valence electrons. The lowest BCUT2D eigenvalue weighted by molar-refractivity contribution is -0.123. The molecule has 3 N–H and O–H groups in total. The van der Waals surface area contributed by atoms with Gasteiger partial charge in [0, 0.05) is 31.6 Å². The number of carbonyl (C=O) groups excluding carboxylic acids is 1. The van der Waals surface area contributed by atoms with E-state index in [0.717, 1.165) is 32.5 Å². The molecule has 0 fully saturated rings. The van der Waals surface area contributed by atoms with Gasteiger partial charge in [-0.2, -0.15) is 0 Å². The number of hydrogen-bond acceptors (Lipinski definition) is 4. The summed E-state index contributed by atoms with van der Waals surface area (Å²) >= 11 is 0. The first-order valence-corrected chi connectivity index (χ1v) is 12.0. The van der Waals surface area contributed by atoms with Gasteiger partial charge in [0.1, 0.15) is 5.78 Å². The summed E-state index contributed by atoms with van der Waals surface area (Å²) in [6.45, 7) is 31.0. The third kappa shape index (κ3) is 13.1. The summed E-state index contributed by atoms with van der Waals surface area (Å²) in [5.74, 6) is 0.409. The maximum Gasteiger partial charge on any atom is 0.149 e. The van der Waals surface area contributed by atoms with Crippen molar-refractivity contribution >= 4 is 5.78 Å². The molecule has 0 rings (SSSR count). The first-order valence-electron chi connectivity index (χ1n) is 12.0. The van der Waals surface area contributed by atoms with Crippen LogP contribution in [0.25, 0.3) is 0 Å². The van der Waals surface area contributed by atoms with Gasteiger partial charge in [-0.15, -0.1) is 0 Å². The van der Waals surface area contributed by atoms with Crippen molar-refractivity contribution in [3.8, 4) is 0 Å². The second-order valence-electron chi connectivity index (χ2n) is 13.5. The Hall–Kier alpha value is -0.450. The van der Waals surface area contributed by atoms with Crippen molar-refractivity contribution in [3.63, 3.8) is 0 Å². The molecule has 0 aliphatic rings. The highest BCUT2D eigenvalue weighted by Gasteiger charge is 2.35. The summed E-state index contributed by atoms with van der Waals surface area (Å²) in [7, 11) is 0. The molecule has 0 radical (unpaired) electrons. The van der Waals surface area contributed by atoms with E-state index in [1.807, 2.05) is 13.8 Å². The number of nitrogens with one attached hydrogen (secondary N) is 1. The number of rotatable bonds is 15. The van der Waals surface area contributed by atoms with E-state index in [-0.39, 0.29) is 27.6 Å². The zero-order valence-corrected chi connectivity index (χ0v) is 22.5. The number of ketones is 1. The van der Waals surface area contributed by atoms with Crippen molar-refractivity contribution in [3.05, 3.63) is 0 Å². The average Bonchev–Trinajstić information content (AvgIpc) is 2.49. The molecule has 0 aliphatic carbocycles. The van der Waals surface area contributed by atoms with E-state index in [2.05, 4.69) is 79.5 Å². The largest absolute Gasteiger partial charge is 0.330 e. The molecule has 0 heterocycles. The smallest absolute Gasteiger partial charge is 0.149 e. The molecule has 0 saturated heterocycles. The van der Waals surface area contributed by atoms with E-state index < -0.39 is 0 Å². The van der Waals surface area contributed by atoms with Gasteiger partial charge in [0.05, 0.1) is 6.54 Å². The number of carbonyl (C=O) groups is 1. The van der Waals surface area contributed by atoms with Crippen LogP contribution in [-0.4, -0.2) is 49.4 Å². The standard InChI is InChI=1S/C26H55N3O/c1-20(2)22(30)13-29(18-25(9,10)14-23(5,6)16-27)19-26(11,12)15-24(7,8)17-28-21(3)4/h20-21,28H,13-19,27H2,1-12H3. The number of nitrogens with two attached hydrogens (primary N) is 1. The summed E-state index contributed by atoms with van der Waals surface area (Å²) in [4.78, 5) is 15.1. The van der Waals surface area contributed by atoms with Gasteiger partial charge in [-0.05, 0) is 41.0 Å². The molecular formula is C26H55N3O. The van der Waals surface area contributed by atoms with E-state index in [4.69, 9.17) is 5.73 Å². The molecule has 30 heavy (non-hydrogen) atoms. The Bertz CT molecular complexity index is 518. The summed E-state index contributed by atoms with van der Waals surface area (Å²) < 4.78 is 0. The van der Waals surface area contributed by atoms with E-state index >= 15 is 0 Å². The molecule has 0 saturated carbocycles. The van der Waals surface area contributed by atoms with Crippen LogP contribution >= 0.6 is 0 Å². The van der Waals surface area contributed by atoms with Crippen molar-refractivity contribution in [2.75, 3.05) is 32.7 Å². The van der Waals surface area contributed by atoms with Crippen LogP contribution in [0.4, 0.5) is 0 Å². The fourth-order valence-electron chi connectivity index (χ4n) is 5.10. The third-order valence-corrected chi connectivity index (χ3v) is 5.78. The van der Waals surface area contributed by atoms with Crippen molar-refractivity contribution in [1.29, 1.82) is 0 Å². The molecule has 0 aromatic carbocycles. The first-order chi connectivity index (χ1) is 13.3. The first kappa shape index (κ1) is 29.5. The SMILES string of the molecule is CC(C)NCC(C)(C)CC(C)(C)CN(CC(=O)C(C)C)CC(C)(C)CC(C)(C)CN. The van der Waals surface area contributed by atoms with Crippen LogP contribution in [0.2, 0.25) is 0 Å². The Balaban J connectivity index is 5.39. The fraction of sp³-hybridized carbons (Fsp3) is 0.962. The fourth-order valence-corrected chi connectivity index (χ4v) is 5.10. The Morgan fingerprint density at radius 3 is 1.60 bits per heavy atom. The molecule has 4 nitrogen and oxygen atoms in total. The van der Waals surface area contributed by atoms with Crippen LogP contribution in [0.15, 0.2) is 0 Å². The minimum absolute atomic E-state index is 0.0749. The maximum absolute atomic E-state index is 12.7. The molecule has 0 aromatic heterocycles. The van der Waals surface area contributed by atoms with E-state index in [9.17, 15) is 4.79 Å². The van der Waals surface area contributed by atoms with Crippen molar-refractivity contribution in [1.82, 2.24) is 10.2 Å². The van der Waals surface area contributed by atoms with E-state index in [1.54, 1.807) is 0 Å².